The minimum atomic E-state index is 0.0243. The monoisotopic (exact) mass is 652 g/mol. The van der Waals surface area contributed by atoms with Crippen LogP contribution in [-0.4, -0.2) is 195 Å². The van der Waals surface area contributed by atoms with Gasteiger partial charge in [-0.1, -0.05) is 0 Å². The lowest BCUT2D eigenvalue weighted by Gasteiger charge is -2.09. The van der Waals surface area contributed by atoms with Crippen molar-refractivity contribution in [3.63, 3.8) is 0 Å². The molecule has 0 rings (SSSR count). The van der Waals surface area contributed by atoms with Crippen molar-refractivity contribution in [3.05, 3.63) is 0 Å². The SMILES string of the molecule is CSC.OCCOCCOCCOCCOCCOCCOCCOCCOCCOCCOCCOCCOCCO. The van der Waals surface area contributed by atoms with E-state index in [-0.39, 0.29) is 13.2 Å². The van der Waals surface area contributed by atoms with Crippen molar-refractivity contribution >= 4 is 11.8 Å². The quantitative estimate of drug-likeness (QED) is 0.0876. The highest BCUT2D eigenvalue weighted by atomic mass is 32.2. The number of aliphatic hydroxyl groups excluding tert-OH is 2. The predicted octanol–water partition coefficient (Wildman–Crippen LogP) is 0.149. The summed E-state index contributed by atoms with van der Waals surface area (Å²) in [5.74, 6) is 0. The molecule has 0 aromatic rings. The van der Waals surface area contributed by atoms with E-state index in [4.69, 9.17) is 67.1 Å². The van der Waals surface area contributed by atoms with E-state index < -0.39 is 0 Å². The first-order chi connectivity index (χ1) is 21.3. The fourth-order valence-electron chi connectivity index (χ4n) is 2.65. The Morgan fingerprint density at radius 1 is 0.256 bits per heavy atom. The summed E-state index contributed by atoms with van der Waals surface area (Å²) >= 11 is 1.75. The number of hydrogen-bond donors (Lipinski definition) is 2. The highest BCUT2D eigenvalue weighted by molar-refractivity contribution is 7.97. The van der Waals surface area contributed by atoms with Gasteiger partial charge in [0, 0.05) is 0 Å². The van der Waals surface area contributed by atoms with Gasteiger partial charge in [0.15, 0.2) is 0 Å². The molecule has 2 N–H and O–H groups in total. The highest BCUT2D eigenvalue weighted by Gasteiger charge is 1.96. The molecule has 0 aromatic carbocycles. The Kier molecular flexibility index (Phi) is 48.3. The molecule has 0 bridgehead atoms. The Balaban J connectivity index is 0. The van der Waals surface area contributed by atoms with Gasteiger partial charge in [-0.15, -0.1) is 0 Å². The van der Waals surface area contributed by atoms with Crippen molar-refractivity contribution in [2.24, 2.45) is 0 Å². The molecule has 0 fully saturated rings. The summed E-state index contributed by atoms with van der Waals surface area (Å²) in [6, 6.07) is 0. The van der Waals surface area contributed by atoms with Crippen LogP contribution in [0.15, 0.2) is 0 Å². The van der Waals surface area contributed by atoms with Gasteiger partial charge in [-0.3, -0.25) is 0 Å². The van der Waals surface area contributed by atoms with E-state index in [1.165, 1.54) is 0 Å². The zero-order chi connectivity index (χ0) is 31.6. The summed E-state index contributed by atoms with van der Waals surface area (Å²) in [5.41, 5.74) is 0. The van der Waals surface area contributed by atoms with Gasteiger partial charge in [0.25, 0.3) is 0 Å². The smallest absolute Gasteiger partial charge is 0.0701 e. The van der Waals surface area contributed by atoms with Gasteiger partial charge >= 0.3 is 0 Å². The lowest BCUT2D eigenvalue weighted by Crippen LogP contribution is -2.15. The molecule has 0 spiro atoms. The Labute approximate surface area is 263 Å². The minimum absolute atomic E-state index is 0.0243. The van der Waals surface area contributed by atoms with Gasteiger partial charge in [-0.2, -0.15) is 11.8 Å². The Morgan fingerprint density at radius 2 is 0.349 bits per heavy atom. The molecule has 0 amide bonds. The molecule has 262 valence electrons. The standard InChI is InChI=1S/C26H54O14.C2H6S/c27-1-3-29-5-7-31-9-11-33-13-15-35-17-19-37-21-23-39-25-26-40-24-22-38-20-18-36-16-14-34-12-10-32-8-6-30-4-2-28;1-3-2/h27-28H,1-26H2;1-2H3. The van der Waals surface area contributed by atoms with Crippen molar-refractivity contribution in [2.45, 2.75) is 0 Å². The van der Waals surface area contributed by atoms with Crippen LogP contribution < -0.4 is 0 Å². The zero-order valence-corrected chi connectivity index (χ0v) is 27.4. The number of ether oxygens (including phenoxy) is 12. The van der Waals surface area contributed by atoms with Gasteiger partial charge in [0.2, 0.25) is 0 Å². The highest BCUT2D eigenvalue weighted by Crippen LogP contribution is 1.87. The average molecular weight is 653 g/mol. The van der Waals surface area contributed by atoms with Crippen LogP contribution in [0.4, 0.5) is 0 Å². The molecule has 14 nitrogen and oxygen atoms in total. The third-order valence-corrected chi connectivity index (χ3v) is 4.56. The molecule has 0 saturated carbocycles. The summed E-state index contributed by atoms with van der Waals surface area (Å²) in [6.07, 6.45) is 4.08. The van der Waals surface area contributed by atoms with Crippen LogP contribution in [0.1, 0.15) is 0 Å². The number of rotatable bonds is 37. The molecule has 0 atom stereocenters. The van der Waals surface area contributed by atoms with E-state index in [9.17, 15) is 0 Å². The van der Waals surface area contributed by atoms with E-state index in [0.717, 1.165) is 0 Å². The molecule has 0 aliphatic carbocycles. The maximum atomic E-state index is 8.56. The number of aliphatic hydroxyl groups is 2. The lowest BCUT2D eigenvalue weighted by molar-refractivity contribution is -0.0288. The van der Waals surface area contributed by atoms with E-state index in [2.05, 4.69) is 0 Å². The second kappa shape index (κ2) is 46.2. The van der Waals surface area contributed by atoms with Crippen LogP contribution in [0.25, 0.3) is 0 Å². The van der Waals surface area contributed by atoms with Crippen molar-refractivity contribution in [1.82, 2.24) is 0 Å². The van der Waals surface area contributed by atoms with E-state index in [1.54, 1.807) is 11.8 Å². The second-order valence-corrected chi connectivity index (χ2v) is 9.02. The molecule has 0 unspecified atom stereocenters. The van der Waals surface area contributed by atoms with Crippen LogP contribution >= 0.6 is 11.8 Å². The molecule has 0 aliphatic rings. The molecular weight excluding hydrogens is 592 g/mol. The molecule has 0 aromatic heterocycles. The van der Waals surface area contributed by atoms with Crippen LogP contribution in [0.3, 0.4) is 0 Å². The summed E-state index contributed by atoms with van der Waals surface area (Å²) in [6.45, 7) is 11.7. The fraction of sp³-hybridized carbons (Fsp3) is 1.00. The van der Waals surface area contributed by atoms with Crippen molar-refractivity contribution in [2.75, 3.05) is 184 Å². The first-order valence-corrected chi connectivity index (χ1v) is 16.5. The second-order valence-electron chi connectivity index (χ2n) is 8.20. The minimum Gasteiger partial charge on any atom is -0.394 e. The molecule has 43 heavy (non-hydrogen) atoms. The first kappa shape index (κ1) is 44.9. The zero-order valence-electron chi connectivity index (χ0n) is 26.6. The third-order valence-electron chi connectivity index (χ3n) is 4.56. The predicted molar refractivity (Wildman–Crippen MR) is 163 cm³/mol. The van der Waals surface area contributed by atoms with Gasteiger partial charge in [-0.05, 0) is 12.5 Å². The van der Waals surface area contributed by atoms with Crippen molar-refractivity contribution in [3.8, 4) is 0 Å². The van der Waals surface area contributed by atoms with Crippen LogP contribution in [0, 0.1) is 0 Å². The molecule has 0 radical (unpaired) electrons. The fourth-order valence-corrected chi connectivity index (χ4v) is 2.65. The van der Waals surface area contributed by atoms with E-state index >= 15 is 0 Å². The third kappa shape index (κ3) is 48.9. The average Bonchev–Trinajstić information content (AvgIpc) is 3.01. The number of thioether (sulfide) groups is 1. The normalized spacial score (nSPS) is 11.2. The maximum absolute atomic E-state index is 8.56. The van der Waals surface area contributed by atoms with Crippen LogP contribution in [-0.2, 0) is 56.8 Å². The Bertz CT molecular complexity index is 420. The van der Waals surface area contributed by atoms with Gasteiger partial charge in [0.1, 0.15) is 0 Å². The molecule has 0 saturated heterocycles. The molecule has 0 aliphatic heterocycles. The Hall–Kier alpha value is -0.210. The summed E-state index contributed by atoms with van der Waals surface area (Å²) in [7, 11) is 0. The Morgan fingerprint density at radius 3 is 0.442 bits per heavy atom. The summed E-state index contributed by atoms with van der Waals surface area (Å²) in [4.78, 5) is 0. The topological polar surface area (TPSA) is 151 Å². The first-order valence-electron chi connectivity index (χ1n) is 14.9. The number of hydrogen-bond acceptors (Lipinski definition) is 15. The summed E-state index contributed by atoms with van der Waals surface area (Å²) < 4.78 is 64.2. The van der Waals surface area contributed by atoms with Gasteiger partial charge in [0.05, 0.1) is 172 Å². The van der Waals surface area contributed by atoms with Crippen molar-refractivity contribution < 1.29 is 67.1 Å². The molecule has 15 heteroatoms. The lowest BCUT2D eigenvalue weighted by atomic mass is 10.6. The van der Waals surface area contributed by atoms with Crippen LogP contribution in [0.5, 0.6) is 0 Å². The largest absolute Gasteiger partial charge is 0.394 e. The molecular formula is C28H60O14S. The van der Waals surface area contributed by atoms with Crippen molar-refractivity contribution in [1.29, 1.82) is 0 Å². The molecule has 0 heterocycles. The van der Waals surface area contributed by atoms with Gasteiger partial charge in [-0.25, -0.2) is 0 Å². The van der Waals surface area contributed by atoms with E-state index in [0.29, 0.717) is 159 Å². The maximum Gasteiger partial charge on any atom is 0.0701 e. The van der Waals surface area contributed by atoms with Crippen LogP contribution in [0.2, 0.25) is 0 Å². The van der Waals surface area contributed by atoms with E-state index in [1.807, 2.05) is 12.5 Å². The van der Waals surface area contributed by atoms with Gasteiger partial charge < -0.3 is 67.1 Å². The summed E-state index contributed by atoms with van der Waals surface area (Å²) in [5, 5.41) is 17.1.